The van der Waals surface area contributed by atoms with Gasteiger partial charge in [-0.25, -0.2) is 0 Å². The number of nitrogens with one attached hydrogen (secondary N) is 1. The highest BCUT2D eigenvalue weighted by Gasteiger charge is 2.50. The summed E-state index contributed by atoms with van der Waals surface area (Å²) in [4.78, 5) is 0. The molecule has 3 fully saturated rings. The van der Waals surface area contributed by atoms with Crippen LogP contribution in [0.3, 0.4) is 0 Å². The zero-order valence-corrected chi connectivity index (χ0v) is 7.81. The second-order valence-corrected chi connectivity index (χ2v) is 5.15. The Balaban J connectivity index is 1.51. The first-order chi connectivity index (χ1) is 5.89. The molecule has 0 saturated heterocycles. The Morgan fingerprint density at radius 2 is 1.83 bits per heavy atom. The van der Waals surface area contributed by atoms with Crippen molar-refractivity contribution in [1.29, 1.82) is 0 Å². The van der Waals surface area contributed by atoms with Gasteiger partial charge in [-0.3, -0.25) is 0 Å². The van der Waals surface area contributed by atoms with E-state index in [1.807, 2.05) is 0 Å². The minimum absolute atomic E-state index is 0.806. The summed E-state index contributed by atoms with van der Waals surface area (Å²) in [7, 11) is 0. The molecule has 0 spiro atoms. The average Bonchev–Trinajstić information content (AvgIpc) is 2.76. The molecule has 0 heterocycles. The fraction of sp³-hybridized carbons (Fsp3) is 1.00. The molecule has 1 N–H and O–H groups in total. The van der Waals surface area contributed by atoms with Crippen LogP contribution < -0.4 is 5.32 Å². The molecule has 1 heteroatoms. The van der Waals surface area contributed by atoms with Crippen molar-refractivity contribution in [3.63, 3.8) is 0 Å². The summed E-state index contributed by atoms with van der Waals surface area (Å²) in [6.07, 6.45) is 10.5. The molecule has 0 aliphatic heterocycles. The smallest absolute Gasteiger partial charge is 0.00684 e. The molecule has 0 aromatic rings. The maximum atomic E-state index is 3.71. The third-order valence-corrected chi connectivity index (χ3v) is 4.18. The molecule has 0 bridgehead atoms. The molecule has 3 saturated carbocycles. The van der Waals surface area contributed by atoms with Gasteiger partial charge in [0.1, 0.15) is 0 Å². The molecule has 0 aromatic heterocycles. The quantitative estimate of drug-likeness (QED) is 0.674. The lowest BCUT2D eigenvalue weighted by Gasteiger charge is -2.34. The van der Waals surface area contributed by atoms with Gasteiger partial charge < -0.3 is 5.32 Å². The van der Waals surface area contributed by atoms with Crippen molar-refractivity contribution in [2.45, 2.75) is 51.0 Å². The third-order valence-electron chi connectivity index (χ3n) is 4.18. The fourth-order valence-electron chi connectivity index (χ4n) is 2.55. The zero-order valence-electron chi connectivity index (χ0n) is 7.81. The Bertz CT molecular complexity index is 175. The minimum atomic E-state index is 0.806. The van der Waals surface area contributed by atoms with E-state index in [2.05, 4.69) is 5.32 Å². The number of rotatable bonds is 4. The van der Waals surface area contributed by atoms with Crippen molar-refractivity contribution in [1.82, 2.24) is 5.32 Å². The monoisotopic (exact) mass is 165 g/mol. The molecule has 0 atom stereocenters. The lowest BCUT2D eigenvalue weighted by molar-refractivity contribution is 0.180. The Morgan fingerprint density at radius 3 is 2.25 bits per heavy atom. The lowest BCUT2D eigenvalue weighted by atomic mass is 9.73. The van der Waals surface area contributed by atoms with E-state index in [0.29, 0.717) is 0 Å². The second kappa shape index (κ2) is 2.47. The van der Waals surface area contributed by atoms with Gasteiger partial charge >= 0.3 is 0 Å². The topological polar surface area (TPSA) is 12.0 Å². The van der Waals surface area contributed by atoms with E-state index in [0.717, 1.165) is 17.4 Å². The molecule has 3 rings (SSSR count). The first-order valence-corrected chi connectivity index (χ1v) is 5.62. The van der Waals surface area contributed by atoms with Crippen LogP contribution in [0.5, 0.6) is 0 Å². The van der Waals surface area contributed by atoms with Crippen LogP contribution >= 0.6 is 0 Å². The summed E-state index contributed by atoms with van der Waals surface area (Å²) in [6.45, 7) is 1.35. The van der Waals surface area contributed by atoms with Crippen LogP contribution in [0.15, 0.2) is 0 Å². The summed E-state index contributed by atoms with van der Waals surface area (Å²) in [5, 5.41) is 3.71. The predicted molar refractivity (Wildman–Crippen MR) is 50.0 cm³/mol. The van der Waals surface area contributed by atoms with E-state index in [9.17, 15) is 0 Å². The van der Waals surface area contributed by atoms with Crippen LogP contribution in [0.25, 0.3) is 0 Å². The van der Waals surface area contributed by atoms with Crippen LogP contribution in [-0.4, -0.2) is 12.6 Å². The average molecular weight is 165 g/mol. The summed E-state index contributed by atoms with van der Waals surface area (Å²) >= 11 is 0. The largest absolute Gasteiger partial charge is 0.313 e. The van der Waals surface area contributed by atoms with Gasteiger partial charge in [-0.1, -0.05) is 6.42 Å². The van der Waals surface area contributed by atoms with Crippen LogP contribution in [0, 0.1) is 11.3 Å². The van der Waals surface area contributed by atoms with E-state index in [-0.39, 0.29) is 0 Å². The summed E-state index contributed by atoms with van der Waals surface area (Å²) in [6, 6.07) is 0.919. The second-order valence-electron chi connectivity index (χ2n) is 5.15. The minimum Gasteiger partial charge on any atom is -0.313 e. The maximum absolute atomic E-state index is 3.71. The van der Waals surface area contributed by atoms with Gasteiger partial charge in [0.05, 0.1) is 0 Å². The highest BCUT2D eigenvalue weighted by atomic mass is 15.0. The SMILES string of the molecule is C1CC(C2(CNC3CC3)CC2)C1. The predicted octanol–water partition coefficient (Wildman–Crippen LogP) is 2.32. The fourth-order valence-corrected chi connectivity index (χ4v) is 2.55. The molecule has 3 aliphatic carbocycles. The van der Waals surface area contributed by atoms with E-state index < -0.39 is 0 Å². The van der Waals surface area contributed by atoms with Crippen LogP contribution in [0.4, 0.5) is 0 Å². The molecule has 3 aliphatic rings. The van der Waals surface area contributed by atoms with Crippen molar-refractivity contribution in [2.24, 2.45) is 11.3 Å². The first-order valence-electron chi connectivity index (χ1n) is 5.62. The molecular weight excluding hydrogens is 146 g/mol. The van der Waals surface area contributed by atoms with Crippen LogP contribution in [0.1, 0.15) is 44.9 Å². The van der Waals surface area contributed by atoms with Crippen molar-refractivity contribution in [3.05, 3.63) is 0 Å². The molecule has 0 amide bonds. The van der Waals surface area contributed by atoms with Gasteiger partial charge in [0.2, 0.25) is 0 Å². The Kier molecular flexibility index (Phi) is 1.52. The standard InChI is InChI=1S/C11H19N/c1-2-9(3-1)11(6-7-11)8-12-10-4-5-10/h9-10,12H,1-8H2. The number of hydrogen-bond acceptors (Lipinski definition) is 1. The van der Waals surface area contributed by atoms with Gasteiger partial charge in [0.15, 0.2) is 0 Å². The Labute approximate surface area is 74.9 Å². The lowest BCUT2D eigenvalue weighted by Crippen LogP contribution is -2.34. The van der Waals surface area contributed by atoms with Crippen molar-refractivity contribution >= 4 is 0 Å². The van der Waals surface area contributed by atoms with Crippen molar-refractivity contribution in [2.75, 3.05) is 6.54 Å². The molecule has 68 valence electrons. The van der Waals surface area contributed by atoms with Gasteiger partial charge in [0.25, 0.3) is 0 Å². The normalized spacial score (nSPS) is 33.0. The Hall–Kier alpha value is -0.0400. The van der Waals surface area contributed by atoms with Gasteiger partial charge in [-0.2, -0.15) is 0 Å². The molecular formula is C11H19N. The molecule has 0 aromatic carbocycles. The highest BCUT2D eigenvalue weighted by molar-refractivity contribution is 5.03. The molecule has 1 nitrogen and oxygen atoms in total. The van der Waals surface area contributed by atoms with Crippen LogP contribution in [0.2, 0.25) is 0 Å². The summed E-state index contributed by atoms with van der Waals surface area (Å²) < 4.78 is 0. The molecule has 12 heavy (non-hydrogen) atoms. The van der Waals surface area contributed by atoms with E-state index in [1.165, 1.54) is 51.5 Å². The molecule has 0 radical (unpaired) electrons. The van der Waals surface area contributed by atoms with Gasteiger partial charge in [0, 0.05) is 12.6 Å². The highest BCUT2D eigenvalue weighted by Crippen LogP contribution is 2.58. The van der Waals surface area contributed by atoms with Crippen LogP contribution in [-0.2, 0) is 0 Å². The van der Waals surface area contributed by atoms with E-state index in [1.54, 1.807) is 0 Å². The summed E-state index contributed by atoms with van der Waals surface area (Å²) in [5.74, 6) is 1.11. The first kappa shape index (κ1) is 7.37. The van der Waals surface area contributed by atoms with Crippen molar-refractivity contribution in [3.8, 4) is 0 Å². The summed E-state index contributed by atoms with van der Waals surface area (Å²) in [5.41, 5.74) is 0.806. The maximum Gasteiger partial charge on any atom is 0.00684 e. The van der Waals surface area contributed by atoms with Crippen molar-refractivity contribution < 1.29 is 0 Å². The van der Waals surface area contributed by atoms with Gasteiger partial charge in [-0.15, -0.1) is 0 Å². The van der Waals surface area contributed by atoms with E-state index >= 15 is 0 Å². The van der Waals surface area contributed by atoms with E-state index in [4.69, 9.17) is 0 Å². The molecule has 0 unspecified atom stereocenters. The third kappa shape index (κ3) is 1.19. The number of hydrogen-bond donors (Lipinski definition) is 1. The van der Waals surface area contributed by atoms with Gasteiger partial charge in [-0.05, 0) is 49.9 Å². The zero-order chi connectivity index (χ0) is 8.02. The Morgan fingerprint density at radius 1 is 1.08 bits per heavy atom.